The molecule has 0 amide bonds. The Morgan fingerprint density at radius 1 is 1.29 bits per heavy atom. The average Bonchev–Trinajstić information content (AvgIpc) is 2.64. The second kappa shape index (κ2) is 4.20. The van der Waals surface area contributed by atoms with E-state index in [0.29, 0.717) is 0 Å². The van der Waals surface area contributed by atoms with Gasteiger partial charge in [-0.1, -0.05) is 12.8 Å². The van der Waals surface area contributed by atoms with Crippen molar-refractivity contribution in [2.75, 3.05) is 5.32 Å². The zero-order chi connectivity index (χ0) is 12.5. The van der Waals surface area contributed by atoms with E-state index in [-0.39, 0.29) is 11.4 Å². The van der Waals surface area contributed by atoms with E-state index >= 15 is 0 Å². The fourth-order valence-corrected chi connectivity index (χ4v) is 2.30. The largest absolute Gasteiger partial charge is 0.419 e. The Morgan fingerprint density at radius 3 is 2.53 bits per heavy atom. The van der Waals surface area contributed by atoms with Crippen molar-refractivity contribution in [3.63, 3.8) is 0 Å². The van der Waals surface area contributed by atoms with Gasteiger partial charge in [0.15, 0.2) is 0 Å². The second-order valence-electron chi connectivity index (χ2n) is 4.79. The van der Waals surface area contributed by atoms with Crippen molar-refractivity contribution in [2.24, 2.45) is 0 Å². The molecule has 0 aliphatic heterocycles. The molecule has 0 aromatic carbocycles. The number of aromatic nitrogens is 1. The van der Waals surface area contributed by atoms with Crippen LogP contribution < -0.4 is 5.32 Å². The van der Waals surface area contributed by atoms with Gasteiger partial charge in [0, 0.05) is 11.7 Å². The molecule has 1 aromatic heterocycles. The summed E-state index contributed by atoms with van der Waals surface area (Å²) in [4.78, 5) is 3.82. The highest BCUT2D eigenvalue weighted by Crippen LogP contribution is 2.37. The normalized spacial score (nSPS) is 19.3. The van der Waals surface area contributed by atoms with Gasteiger partial charge in [0.05, 0.1) is 5.56 Å². The van der Waals surface area contributed by atoms with Crippen molar-refractivity contribution < 1.29 is 13.2 Å². The van der Waals surface area contributed by atoms with Crippen LogP contribution in [-0.2, 0) is 6.18 Å². The van der Waals surface area contributed by atoms with Crippen LogP contribution in [0.15, 0.2) is 18.3 Å². The number of alkyl halides is 3. The van der Waals surface area contributed by atoms with E-state index < -0.39 is 11.7 Å². The minimum Gasteiger partial charge on any atom is -0.364 e. The quantitative estimate of drug-likeness (QED) is 0.854. The highest BCUT2D eigenvalue weighted by Gasteiger charge is 2.37. The predicted octanol–water partition coefficient (Wildman–Crippen LogP) is 3.85. The van der Waals surface area contributed by atoms with E-state index in [9.17, 15) is 13.2 Å². The molecule has 0 spiro atoms. The first kappa shape index (κ1) is 12.2. The van der Waals surface area contributed by atoms with E-state index in [1.807, 2.05) is 6.92 Å². The average molecular weight is 244 g/mol. The van der Waals surface area contributed by atoms with Crippen LogP contribution >= 0.6 is 0 Å². The summed E-state index contributed by atoms with van der Waals surface area (Å²) < 4.78 is 38.3. The van der Waals surface area contributed by atoms with Crippen molar-refractivity contribution in [3.05, 3.63) is 23.9 Å². The number of anilines is 1. The van der Waals surface area contributed by atoms with Crippen LogP contribution in [-0.4, -0.2) is 10.5 Å². The molecule has 2 rings (SSSR count). The minimum absolute atomic E-state index is 0.0515. The molecule has 1 heterocycles. The van der Waals surface area contributed by atoms with Crippen molar-refractivity contribution in [1.29, 1.82) is 0 Å². The first-order valence-corrected chi connectivity index (χ1v) is 5.71. The molecular weight excluding hydrogens is 229 g/mol. The summed E-state index contributed by atoms with van der Waals surface area (Å²) in [5.74, 6) is -0.0515. The maximum Gasteiger partial charge on any atom is 0.419 e. The topological polar surface area (TPSA) is 24.9 Å². The van der Waals surface area contributed by atoms with Crippen LogP contribution in [0.1, 0.15) is 38.2 Å². The molecule has 0 atom stereocenters. The molecular formula is C12H15F3N2. The lowest BCUT2D eigenvalue weighted by Gasteiger charge is -2.27. The third kappa shape index (κ3) is 2.70. The summed E-state index contributed by atoms with van der Waals surface area (Å²) in [6.45, 7) is 1.95. The predicted molar refractivity (Wildman–Crippen MR) is 59.7 cm³/mol. The zero-order valence-electron chi connectivity index (χ0n) is 9.64. The molecule has 1 aliphatic rings. The molecule has 1 N–H and O–H groups in total. The van der Waals surface area contributed by atoms with Crippen molar-refractivity contribution in [3.8, 4) is 0 Å². The van der Waals surface area contributed by atoms with Gasteiger partial charge in [-0.15, -0.1) is 0 Å². The number of pyridine rings is 1. The summed E-state index contributed by atoms with van der Waals surface area (Å²) in [6.07, 6.45) is 0.915. The number of halogens is 3. The molecule has 0 radical (unpaired) electrons. The Balaban J connectivity index is 2.26. The Kier molecular flexibility index (Phi) is 3.02. The van der Waals surface area contributed by atoms with Gasteiger partial charge < -0.3 is 5.32 Å². The van der Waals surface area contributed by atoms with Crippen LogP contribution in [0.4, 0.5) is 19.0 Å². The first-order valence-electron chi connectivity index (χ1n) is 5.71. The van der Waals surface area contributed by atoms with Gasteiger partial charge in [-0.25, -0.2) is 4.98 Å². The number of hydrogen-bond donors (Lipinski definition) is 1. The van der Waals surface area contributed by atoms with E-state index in [0.717, 1.165) is 31.7 Å². The summed E-state index contributed by atoms with van der Waals surface area (Å²) >= 11 is 0. The fourth-order valence-electron chi connectivity index (χ4n) is 2.30. The molecule has 0 saturated heterocycles. The van der Waals surface area contributed by atoms with E-state index in [4.69, 9.17) is 0 Å². The molecule has 94 valence electrons. The van der Waals surface area contributed by atoms with Gasteiger partial charge >= 0.3 is 6.18 Å². The van der Waals surface area contributed by atoms with Crippen LogP contribution in [0.3, 0.4) is 0 Å². The molecule has 5 heteroatoms. The highest BCUT2D eigenvalue weighted by molar-refractivity contribution is 5.47. The van der Waals surface area contributed by atoms with Crippen LogP contribution in [0.25, 0.3) is 0 Å². The van der Waals surface area contributed by atoms with Gasteiger partial charge in [-0.3, -0.25) is 0 Å². The van der Waals surface area contributed by atoms with Gasteiger partial charge in [0.2, 0.25) is 0 Å². The number of hydrogen-bond acceptors (Lipinski definition) is 2. The lowest BCUT2D eigenvalue weighted by Crippen LogP contribution is -2.32. The summed E-state index contributed by atoms with van der Waals surface area (Å²) in [7, 11) is 0. The summed E-state index contributed by atoms with van der Waals surface area (Å²) in [5, 5.41) is 2.96. The highest BCUT2D eigenvalue weighted by atomic mass is 19.4. The van der Waals surface area contributed by atoms with Gasteiger partial charge in [-0.2, -0.15) is 13.2 Å². The second-order valence-corrected chi connectivity index (χ2v) is 4.79. The third-order valence-electron chi connectivity index (χ3n) is 3.24. The third-order valence-corrected chi connectivity index (χ3v) is 3.24. The molecule has 2 nitrogen and oxygen atoms in total. The summed E-state index contributed by atoms with van der Waals surface area (Å²) in [6, 6.07) is 2.37. The van der Waals surface area contributed by atoms with E-state index in [2.05, 4.69) is 10.3 Å². The monoisotopic (exact) mass is 244 g/mol. The molecule has 0 unspecified atom stereocenters. The van der Waals surface area contributed by atoms with Crippen molar-refractivity contribution in [1.82, 2.24) is 4.98 Å². The Labute approximate surface area is 98.2 Å². The SMILES string of the molecule is CC1(Nc2ncccc2C(F)(F)F)CCCC1. The van der Waals surface area contributed by atoms with Crippen LogP contribution in [0, 0.1) is 0 Å². The molecule has 1 aromatic rings. The fraction of sp³-hybridized carbons (Fsp3) is 0.583. The van der Waals surface area contributed by atoms with Gasteiger partial charge in [0.25, 0.3) is 0 Å². The first-order chi connectivity index (χ1) is 7.91. The number of rotatable bonds is 2. The molecule has 1 saturated carbocycles. The number of nitrogens with one attached hydrogen (secondary N) is 1. The minimum atomic E-state index is -4.36. The van der Waals surface area contributed by atoms with Gasteiger partial charge in [0.1, 0.15) is 5.82 Å². The molecule has 1 aliphatic carbocycles. The smallest absolute Gasteiger partial charge is 0.364 e. The molecule has 0 bridgehead atoms. The number of nitrogens with zero attached hydrogens (tertiary/aromatic N) is 1. The molecule has 1 fully saturated rings. The van der Waals surface area contributed by atoms with Crippen molar-refractivity contribution in [2.45, 2.75) is 44.3 Å². The van der Waals surface area contributed by atoms with Crippen molar-refractivity contribution >= 4 is 5.82 Å². The maximum atomic E-state index is 12.8. The van der Waals surface area contributed by atoms with Crippen LogP contribution in [0.5, 0.6) is 0 Å². The van der Waals surface area contributed by atoms with E-state index in [1.54, 1.807) is 0 Å². The van der Waals surface area contributed by atoms with Gasteiger partial charge in [-0.05, 0) is 31.9 Å². The lowest BCUT2D eigenvalue weighted by atomic mass is 10.0. The van der Waals surface area contributed by atoms with Crippen LogP contribution in [0.2, 0.25) is 0 Å². The maximum absolute atomic E-state index is 12.8. The Hall–Kier alpha value is -1.26. The molecule has 17 heavy (non-hydrogen) atoms. The summed E-state index contributed by atoms with van der Waals surface area (Å²) in [5.41, 5.74) is -0.943. The zero-order valence-corrected chi connectivity index (χ0v) is 9.64. The Bertz CT molecular complexity index is 395. The van der Waals surface area contributed by atoms with E-state index in [1.165, 1.54) is 12.3 Å². The standard InChI is InChI=1S/C12H15F3N2/c1-11(6-2-3-7-11)17-10-9(12(13,14)15)5-4-8-16-10/h4-5,8H,2-3,6-7H2,1H3,(H,16,17). The lowest BCUT2D eigenvalue weighted by molar-refractivity contribution is -0.137. The Morgan fingerprint density at radius 2 is 1.94 bits per heavy atom.